The van der Waals surface area contributed by atoms with E-state index < -0.39 is 25.8 Å². The van der Waals surface area contributed by atoms with E-state index in [-0.39, 0.29) is 19.8 Å². The van der Waals surface area contributed by atoms with Crippen LogP contribution in [-0.4, -0.2) is 37.5 Å². The zero-order chi connectivity index (χ0) is 36.2. The smallest absolute Gasteiger partial charge is 0.301 e. The minimum Gasteiger partial charge on any atom is -0.375 e. The Hall–Kier alpha value is -3.96. The fourth-order valence-corrected chi connectivity index (χ4v) is 9.70. The summed E-state index contributed by atoms with van der Waals surface area (Å²) < 4.78 is 43.6. The van der Waals surface area contributed by atoms with E-state index in [0.717, 1.165) is 33.4 Å². The molecule has 49 heavy (non-hydrogen) atoms. The summed E-state index contributed by atoms with van der Waals surface area (Å²) in [6.07, 6.45) is 3.12. The Morgan fingerprint density at radius 3 is 1.31 bits per heavy atom. The van der Waals surface area contributed by atoms with Crippen molar-refractivity contribution in [3.05, 3.63) is 155 Å². The molecule has 0 aliphatic heterocycles. The Morgan fingerprint density at radius 2 is 0.939 bits per heavy atom. The lowest BCUT2D eigenvalue weighted by Crippen LogP contribution is -2.19. The second-order valence-electron chi connectivity index (χ2n) is 11.7. The maximum atomic E-state index is 13.7. The molecule has 7 nitrogen and oxygen atoms in total. The van der Waals surface area contributed by atoms with E-state index in [2.05, 4.69) is 13.2 Å². The van der Waals surface area contributed by atoms with Gasteiger partial charge < -0.3 is 13.8 Å². The summed E-state index contributed by atoms with van der Waals surface area (Å²) in [4.78, 5) is 26.4. The minimum atomic E-state index is -3.75. The van der Waals surface area contributed by atoms with Gasteiger partial charge in [-0.05, 0) is 88.1 Å². The van der Waals surface area contributed by atoms with Crippen molar-refractivity contribution in [1.29, 1.82) is 0 Å². The van der Waals surface area contributed by atoms with Gasteiger partial charge in [-0.3, -0.25) is 18.7 Å². The number of aryl methyl sites for hydroxylation is 6. The fourth-order valence-electron chi connectivity index (χ4n) is 5.63. The second-order valence-corrected chi connectivity index (χ2v) is 16.3. The molecule has 4 aromatic carbocycles. The quantitative estimate of drug-likeness (QED) is 0.0694. The van der Waals surface area contributed by atoms with Crippen LogP contribution in [0.15, 0.2) is 110 Å². The first-order valence-corrected chi connectivity index (χ1v) is 19.2. The van der Waals surface area contributed by atoms with Crippen LogP contribution in [0.5, 0.6) is 0 Å². The molecular formula is C40H46O7P2. The molecule has 0 amide bonds. The summed E-state index contributed by atoms with van der Waals surface area (Å²) in [5.41, 5.74) is 5.37. The van der Waals surface area contributed by atoms with Gasteiger partial charge in [-0.2, -0.15) is 0 Å². The van der Waals surface area contributed by atoms with Gasteiger partial charge in [-0.15, -0.1) is 13.2 Å². The molecule has 9 heteroatoms. The average molecular weight is 701 g/mol. The molecule has 0 radical (unpaired) electrons. The van der Waals surface area contributed by atoms with Crippen molar-refractivity contribution in [3.8, 4) is 0 Å². The SMILES string of the molecule is C=CCOCCOP(=O)(C(=O)c1c(C)cc(C)cc1C)c1ccccc1.C=CCOP(=O)(C(=O)c1c(C)cc(C)cc1C)c1ccccc1. The largest absolute Gasteiger partial charge is 0.375 e. The number of rotatable bonds is 15. The summed E-state index contributed by atoms with van der Waals surface area (Å²) in [7, 11) is -7.43. The summed E-state index contributed by atoms with van der Waals surface area (Å²) in [5, 5.41) is 0.805. The molecule has 0 fully saturated rings. The molecule has 0 aromatic heterocycles. The Morgan fingerprint density at radius 1 is 0.571 bits per heavy atom. The Balaban J connectivity index is 0.000000267. The molecule has 0 N–H and O–H groups in total. The first-order chi connectivity index (χ1) is 23.3. The van der Waals surface area contributed by atoms with E-state index >= 15 is 0 Å². The van der Waals surface area contributed by atoms with Crippen LogP contribution in [0.3, 0.4) is 0 Å². The van der Waals surface area contributed by atoms with Gasteiger partial charge in [0.1, 0.15) is 0 Å². The van der Waals surface area contributed by atoms with Crippen molar-refractivity contribution in [3.63, 3.8) is 0 Å². The molecule has 0 spiro atoms. The third kappa shape index (κ3) is 9.82. The van der Waals surface area contributed by atoms with Crippen molar-refractivity contribution < 1.29 is 32.5 Å². The van der Waals surface area contributed by atoms with Gasteiger partial charge in [0.25, 0.3) is 11.0 Å². The molecule has 0 aliphatic rings. The Labute approximate surface area is 290 Å². The molecule has 0 bridgehead atoms. The van der Waals surface area contributed by atoms with Crippen molar-refractivity contribution in [2.75, 3.05) is 26.4 Å². The normalized spacial score (nSPS) is 13.3. The zero-order valence-corrected chi connectivity index (χ0v) is 31.0. The van der Waals surface area contributed by atoms with Gasteiger partial charge in [0.15, 0.2) is 0 Å². The van der Waals surface area contributed by atoms with Crippen molar-refractivity contribution in [2.45, 2.75) is 41.5 Å². The zero-order valence-electron chi connectivity index (χ0n) is 29.2. The molecule has 0 saturated carbocycles. The van der Waals surface area contributed by atoms with E-state index in [1.165, 1.54) is 6.08 Å². The van der Waals surface area contributed by atoms with Crippen LogP contribution in [0.2, 0.25) is 0 Å². The van der Waals surface area contributed by atoms with Gasteiger partial charge in [0.05, 0.1) is 26.4 Å². The molecule has 258 valence electrons. The molecule has 4 aromatic rings. The molecule has 0 saturated heterocycles. The third-order valence-electron chi connectivity index (χ3n) is 7.62. The standard InChI is InChI=1S/C21H25O4P.C19H21O3P/c1-5-11-24-12-13-25-26(23,19-9-7-6-8-10-19)21(22)20-17(3)14-16(2)15-18(20)4;1-5-11-22-23(21,17-9-7-6-8-10-17)19(20)18-15(3)12-14(2)13-16(18)4/h5-10,14-15H,1,11-13H2,2-4H3;5-10,12-13H,1,11H2,2-4H3. The first kappa shape index (κ1) is 39.5. The summed E-state index contributed by atoms with van der Waals surface area (Å²) >= 11 is 0. The lowest BCUT2D eigenvalue weighted by atomic mass is 10.0. The Bertz CT molecular complexity index is 1840. The highest BCUT2D eigenvalue weighted by molar-refractivity contribution is 7.84. The van der Waals surface area contributed by atoms with Crippen LogP contribution < -0.4 is 10.6 Å². The van der Waals surface area contributed by atoms with E-state index in [4.69, 9.17) is 13.8 Å². The highest BCUT2D eigenvalue weighted by Crippen LogP contribution is 2.51. The number of carbonyl (C=O) groups is 2. The highest BCUT2D eigenvalue weighted by Gasteiger charge is 2.38. The van der Waals surface area contributed by atoms with Crippen LogP contribution in [-0.2, 0) is 22.9 Å². The van der Waals surface area contributed by atoms with Crippen LogP contribution in [0.4, 0.5) is 0 Å². The molecule has 2 atom stereocenters. The van der Waals surface area contributed by atoms with Gasteiger partial charge >= 0.3 is 14.7 Å². The number of ether oxygens (including phenoxy) is 1. The van der Waals surface area contributed by atoms with E-state index in [1.54, 1.807) is 54.6 Å². The van der Waals surface area contributed by atoms with Crippen molar-refractivity contribution >= 4 is 36.4 Å². The fraction of sp³-hybridized carbons (Fsp3) is 0.250. The van der Waals surface area contributed by atoms with Crippen molar-refractivity contribution in [1.82, 2.24) is 0 Å². The summed E-state index contributed by atoms with van der Waals surface area (Å²) in [6.45, 7) is 19.3. The molecule has 2 unspecified atom stereocenters. The van der Waals surface area contributed by atoms with Gasteiger partial charge in [-0.1, -0.05) is 83.9 Å². The monoisotopic (exact) mass is 700 g/mol. The van der Waals surface area contributed by atoms with E-state index in [9.17, 15) is 18.7 Å². The number of benzene rings is 4. The van der Waals surface area contributed by atoms with Gasteiger partial charge in [0.2, 0.25) is 0 Å². The van der Waals surface area contributed by atoms with Crippen LogP contribution in [0, 0.1) is 41.5 Å². The van der Waals surface area contributed by atoms with Crippen LogP contribution in [0.1, 0.15) is 54.1 Å². The molecular weight excluding hydrogens is 654 g/mol. The van der Waals surface area contributed by atoms with Crippen LogP contribution >= 0.6 is 14.7 Å². The second kappa shape index (κ2) is 18.2. The number of hydrogen-bond acceptors (Lipinski definition) is 7. The lowest BCUT2D eigenvalue weighted by molar-refractivity contribution is 0.101. The topological polar surface area (TPSA) is 96.0 Å². The van der Waals surface area contributed by atoms with Crippen molar-refractivity contribution in [2.24, 2.45) is 0 Å². The highest BCUT2D eigenvalue weighted by atomic mass is 31.2. The molecule has 0 aliphatic carbocycles. The summed E-state index contributed by atoms with van der Waals surface area (Å²) in [6, 6.07) is 25.0. The minimum absolute atomic E-state index is 0.0574. The lowest BCUT2D eigenvalue weighted by Gasteiger charge is -2.20. The predicted molar refractivity (Wildman–Crippen MR) is 200 cm³/mol. The van der Waals surface area contributed by atoms with E-state index in [1.807, 2.05) is 77.9 Å². The number of carbonyl (C=O) groups excluding carboxylic acids is 2. The molecule has 4 rings (SSSR count). The maximum Gasteiger partial charge on any atom is 0.301 e. The third-order valence-corrected chi connectivity index (χ3v) is 12.2. The molecule has 0 heterocycles. The van der Waals surface area contributed by atoms with Gasteiger partial charge in [-0.25, -0.2) is 0 Å². The summed E-state index contributed by atoms with van der Waals surface area (Å²) in [5.74, 6) is 0. The maximum absolute atomic E-state index is 13.7. The van der Waals surface area contributed by atoms with E-state index in [0.29, 0.717) is 28.3 Å². The van der Waals surface area contributed by atoms with Crippen LogP contribution in [0.25, 0.3) is 0 Å². The average Bonchev–Trinajstić information content (AvgIpc) is 3.07. The first-order valence-electron chi connectivity index (χ1n) is 16.0. The Kier molecular flexibility index (Phi) is 14.6. The van der Waals surface area contributed by atoms with Gasteiger partial charge in [0, 0.05) is 21.7 Å². The number of hydrogen-bond donors (Lipinski definition) is 0. The predicted octanol–water partition coefficient (Wildman–Crippen LogP) is 9.13.